The summed E-state index contributed by atoms with van der Waals surface area (Å²) in [5.74, 6) is 3.63. The van der Waals surface area contributed by atoms with Gasteiger partial charge < -0.3 is 9.26 Å². The molecule has 1 saturated heterocycles. The molecule has 0 unspecified atom stereocenters. The Labute approximate surface area is 135 Å². The van der Waals surface area contributed by atoms with Crippen LogP contribution in [0.15, 0.2) is 22.9 Å². The minimum Gasteiger partial charge on any atom is -0.488 e. The van der Waals surface area contributed by atoms with Crippen molar-refractivity contribution < 1.29 is 9.26 Å². The van der Waals surface area contributed by atoms with Gasteiger partial charge in [0.1, 0.15) is 11.9 Å². The molecule has 6 heteroatoms. The van der Waals surface area contributed by atoms with Crippen molar-refractivity contribution in [2.24, 2.45) is 11.8 Å². The van der Waals surface area contributed by atoms with Gasteiger partial charge in [0, 0.05) is 32.1 Å². The minimum atomic E-state index is 0.292. The summed E-state index contributed by atoms with van der Waals surface area (Å²) < 4.78 is 11.3. The van der Waals surface area contributed by atoms with Crippen LogP contribution in [0.4, 0.5) is 0 Å². The highest BCUT2D eigenvalue weighted by Crippen LogP contribution is 2.40. The number of likely N-dealkylation sites (tertiary alicyclic amines) is 1. The Kier molecular flexibility index (Phi) is 3.77. The second kappa shape index (κ2) is 5.92. The molecule has 0 amide bonds. The molecule has 4 rings (SSSR count). The normalized spacial score (nSPS) is 27.3. The lowest BCUT2D eigenvalue weighted by Crippen LogP contribution is -2.28. The zero-order valence-electron chi connectivity index (χ0n) is 13.6. The lowest BCUT2D eigenvalue weighted by Gasteiger charge is -2.22. The molecule has 2 aromatic rings. The van der Waals surface area contributed by atoms with Gasteiger partial charge in [-0.2, -0.15) is 4.98 Å². The molecule has 1 aliphatic heterocycles. The average Bonchev–Trinajstić information content (AvgIpc) is 3.20. The van der Waals surface area contributed by atoms with Crippen molar-refractivity contribution in [2.45, 2.75) is 39.3 Å². The number of nitrogens with zero attached hydrogens (tertiary/aromatic N) is 4. The molecule has 2 fully saturated rings. The summed E-state index contributed by atoms with van der Waals surface area (Å²) in [6.07, 6.45) is 4.47. The zero-order valence-corrected chi connectivity index (χ0v) is 13.6. The first-order chi connectivity index (χ1) is 11.2. The van der Waals surface area contributed by atoms with Crippen molar-refractivity contribution in [1.82, 2.24) is 20.0 Å². The van der Waals surface area contributed by atoms with E-state index in [1.807, 2.05) is 32.2 Å². The van der Waals surface area contributed by atoms with Gasteiger partial charge in [-0.15, -0.1) is 0 Å². The molecule has 1 aliphatic carbocycles. The van der Waals surface area contributed by atoms with Gasteiger partial charge in [0.25, 0.3) is 0 Å². The third-order valence-electron chi connectivity index (χ3n) is 5.04. The van der Waals surface area contributed by atoms with Gasteiger partial charge in [-0.3, -0.25) is 9.88 Å². The second-order valence-electron chi connectivity index (χ2n) is 6.67. The molecule has 2 aliphatic rings. The highest BCUT2D eigenvalue weighted by atomic mass is 16.5. The first-order valence-corrected chi connectivity index (χ1v) is 8.29. The van der Waals surface area contributed by atoms with Gasteiger partial charge in [-0.05, 0) is 37.8 Å². The standard InChI is InChI=1S/C17H22N4O2/c1-11-15(4-3-7-18-11)22-16-6-5-13-8-21(9-14(13)16)10-17-19-12(2)23-20-17/h3-4,7,13-14,16H,5-6,8-10H2,1-2H3/t13-,14+,16-/m1/s1. The largest absolute Gasteiger partial charge is 0.488 e. The van der Waals surface area contributed by atoms with E-state index in [0.717, 1.165) is 43.3 Å². The van der Waals surface area contributed by atoms with Crippen LogP contribution < -0.4 is 4.74 Å². The van der Waals surface area contributed by atoms with Gasteiger partial charge >= 0.3 is 0 Å². The quantitative estimate of drug-likeness (QED) is 0.863. The number of fused-ring (bicyclic) bond motifs is 1. The lowest BCUT2D eigenvalue weighted by molar-refractivity contribution is 0.145. The molecule has 0 bridgehead atoms. The van der Waals surface area contributed by atoms with Crippen LogP contribution in [-0.4, -0.2) is 39.2 Å². The molecule has 1 saturated carbocycles. The molecule has 23 heavy (non-hydrogen) atoms. The fraction of sp³-hybridized carbons (Fsp3) is 0.588. The topological polar surface area (TPSA) is 64.3 Å². The Bertz CT molecular complexity index is 687. The maximum Gasteiger partial charge on any atom is 0.223 e. The first-order valence-electron chi connectivity index (χ1n) is 8.29. The zero-order chi connectivity index (χ0) is 15.8. The Morgan fingerprint density at radius 2 is 2.22 bits per heavy atom. The molecule has 0 N–H and O–H groups in total. The molecule has 3 heterocycles. The van der Waals surface area contributed by atoms with E-state index >= 15 is 0 Å². The molecule has 3 atom stereocenters. The van der Waals surface area contributed by atoms with E-state index in [9.17, 15) is 0 Å². The summed E-state index contributed by atoms with van der Waals surface area (Å²) in [6, 6.07) is 3.96. The van der Waals surface area contributed by atoms with Gasteiger partial charge in [0.05, 0.1) is 12.2 Å². The molecule has 0 spiro atoms. The van der Waals surface area contributed by atoms with E-state index in [1.54, 1.807) is 0 Å². The van der Waals surface area contributed by atoms with Crippen LogP contribution >= 0.6 is 0 Å². The van der Waals surface area contributed by atoms with E-state index in [2.05, 4.69) is 20.0 Å². The number of rotatable bonds is 4. The highest BCUT2D eigenvalue weighted by molar-refractivity contribution is 5.26. The maximum atomic E-state index is 6.28. The minimum absolute atomic E-state index is 0.292. The van der Waals surface area contributed by atoms with E-state index in [0.29, 0.717) is 23.8 Å². The molecule has 2 aromatic heterocycles. The van der Waals surface area contributed by atoms with Gasteiger partial charge in [0.15, 0.2) is 5.82 Å². The summed E-state index contributed by atoms with van der Waals surface area (Å²) in [6.45, 7) is 6.74. The maximum absolute atomic E-state index is 6.28. The van der Waals surface area contributed by atoms with Crippen LogP contribution in [0, 0.1) is 25.7 Å². The average molecular weight is 314 g/mol. The number of hydrogen-bond donors (Lipinski definition) is 0. The Balaban J connectivity index is 1.40. The van der Waals surface area contributed by atoms with E-state index < -0.39 is 0 Å². The summed E-state index contributed by atoms with van der Waals surface area (Å²) in [5, 5.41) is 4.00. The fourth-order valence-corrected chi connectivity index (χ4v) is 3.95. The van der Waals surface area contributed by atoms with Crippen molar-refractivity contribution >= 4 is 0 Å². The van der Waals surface area contributed by atoms with Crippen LogP contribution in [0.2, 0.25) is 0 Å². The fourth-order valence-electron chi connectivity index (χ4n) is 3.95. The Hall–Kier alpha value is -1.95. The van der Waals surface area contributed by atoms with Gasteiger partial charge in [-0.1, -0.05) is 5.16 Å². The summed E-state index contributed by atoms with van der Waals surface area (Å²) in [4.78, 5) is 11.0. The van der Waals surface area contributed by atoms with Crippen LogP contribution in [0.3, 0.4) is 0 Å². The molecule has 0 aromatic carbocycles. The molecular weight excluding hydrogens is 292 g/mol. The molecule has 122 valence electrons. The van der Waals surface area contributed by atoms with Crippen molar-refractivity contribution in [3.63, 3.8) is 0 Å². The number of ether oxygens (including phenoxy) is 1. The number of hydrogen-bond acceptors (Lipinski definition) is 6. The highest BCUT2D eigenvalue weighted by Gasteiger charge is 2.44. The van der Waals surface area contributed by atoms with Crippen molar-refractivity contribution in [3.05, 3.63) is 35.7 Å². The molecular formula is C17H22N4O2. The van der Waals surface area contributed by atoms with Crippen LogP contribution in [0.5, 0.6) is 5.75 Å². The third kappa shape index (κ3) is 2.95. The second-order valence-corrected chi connectivity index (χ2v) is 6.67. The van der Waals surface area contributed by atoms with E-state index in [4.69, 9.17) is 9.26 Å². The van der Waals surface area contributed by atoms with Crippen molar-refractivity contribution in [2.75, 3.05) is 13.1 Å². The smallest absolute Gasteiger partial charge is 0.223 e. The Morgan fingerprint density at radius 3 is 3.00 bits per heavy atom. The first kappa shape index (κ1) is 14.6. The van der Waals surface area contributed by atoms with Gasteiger partial charge in [0.2, 0.25) is 5.89 Å². The third-order valence-corrected chi connectivity index (χ3v) is 5.04. The lowest BCUT2D eigenvalue weighted by atomic mass is 9.99. The van der Waals surface area contributed by atoms with E-state index in [1.165, 1.54) is 6.42 Å². The number of aromatic nitrogens is 3. The summed E-state index contributed by atoms with van der Waals surface area (Å²) in [7, 11) is 0. The van der Waals surface area contributed by atoms with Crippen LogP contribution in [0.1, 0.15) is 30.3 Å². The number of pyridine rings is 1. The van der Waals surface area contributed by atoms with Crippen molar-refractivity contribution in [1.29, 1.82) is 0 Å². The van der Waals surface area contributed by atoms with Gasteiger partial charge in [-0.25, -0.2) is 0 Å². The predicted molar refractivity (Wildman–Crippen MR) is 83.9 cm³/mol. The monoisotopic (exact) mass is 314 g/mol. The van der Waals surface area contributed by atoms with E-state index in [-0.39, 0.29) is 0 Å². The Morgan fingerprint density at radius 1 is 1.30 bits per heavy atom. The molecule has 6 nitrogen and oxygen atoms in total. The number of aryl methyl sites for hydroxylation is 2. The van der Waals surface area contributed by atoms with Crippen molar-refractivity contribution in [3.8, 4) is 5.75 Å². The summed E-state index contributed by atoms with van der Waals surface area (Å²) in [5.41, 5.74) is 0.966. The van der Waals surface area contributed by atoms with Crippen LogP contribution in [0.25, 0.3) is 0 Å². The summed E-state index contributed by atoms with van der Waals surface area (Å²) >= 11 is 0. The van der Waals surface area contributed by atoms with Crippen LogP contribution in [-0.2, 0) is 6.54 Å². The predicted octanol–water partition coefficient (Wildman–Crippen LogP) is 2.37. The molecule has 0 radical (unpaired) electrons. The SMILES string of the molecule is Cc1nc(CN2C[C@H]3CC[C@@H](Oc4cccnc4C)[C@H]3C2)no1.